The minimum absolute atomic E-state index is 0.0272. The molecule has 2 unspecified atom stereocenters. The lowest BCUT2D eigenvalue weighted by Gasteiger charge is -2.36. The number of aromatic nitrogens is 1. The fourth-order valence-corrected chi connectivity index (χ4v) is 3.02. The molecule has 5 nitrogen and oxygen atoms in total. The van der Waals surface area contributed by atoms with E-state index in [-0.39, 0.29) is 11.9 Å². The molecule has 1 aliphatic heterocycles. The maximum atomic E-state index is 12.4. The van der Waals surface area contributed by atoms with Crippen molar-refractivity contribution in [3.63, 3.8) is 0 Å². The molecule has 1 aromatic rings. The third-order valence-electron chi connectivity index (χ3n) is 4.02. The van der Waals surface area contributed by atoms with Crippen molar-refractivity contribution in [2.75, 3.05) is 0 Å². The molecule has 0 radical (unpaired) electrons. The van der Waals surface area contributed by atoms with E-state index < -0.39 is 17.9 Å². The summed E-state index contributed by atoms with van der Waals surface area (Å²) in [6.45, 7) is 5.74. The lowest BCUT2D eigenvalue weighted by Crippen LogP contribution is -2.43. The van der Waals surface area contributed by atoms with Crippen molar-refractivity contribution >= 4 is 11.9 Å². The Bertz CT molecular complexity index is 525. The van der Waals surface area contributed by atoms with Crippen molar-refractivity contribution in [3.8, 4) is 0 Å². The Morgan fingerprint density at radius 2 is 2.14 bits per heavy atom. The van der Waals surface area contributed by atoms with Crippen LogP contribution < -0.4 is 0 Å². The van der Waals surface area contributed by atoms with E-state index in [4.69, 9.17) is 0 Å². The van der Waals surface area contributed by atoms with Gasteiger partial charge in [-0.1, -0.05) is 6.07 Å². The summed E-state index contributed by atoms with van der Waals surface area (Å²) in [5.41, 5.74) is 1.68. The summed E-state index contributed by atoms with van der Waals surface area (Å²) < 4.78 is 0. The van der Waals surface area contributed by atoms with Crippen LogP contribution >= 0.6 is 0 Å². The molecule has 5 heteroatoms. The molecule has 1 saturated heterocycles. The summed E-state index contributed by atoms with van der Waals surface area (Å²) in [6, 6.07) is 3.27. The Kier molecular flexibility index (Phi) is 4.60. The number of hydrogen-bond donors (Lipinski definition) is 1. The third-order valence-corrected chi connectivity index (χ3v) is 4.02. The normalized spacial score (nSPS) is 23.2. The fourth-order valence-electron chi connectivity index (χ4n) is 3.02. The van der Waals surface area contributed by atoms with Crippen LogP contribution in [0.25, 0.3) is 0 Å². The van der Waals surface area contributed by atoms with E-state index in [2.05, 4.69) is 4.98 Å². The first-order chi connectivity index (χ1) is 9.91. The van der Waals surface area contributed by atoms with E-state index in [1.807, 2.05) is 32.9 Å². The predicted octanol–water partition coefficient (Wildman–Crippen LogP) is 2.55. The van der Waals surface area contributed by atoms with Crippen LogP contribution in [-0.4, -0.2) is 32.9 Å². The van der Waals surface area contributed by atoms with Gasteiger partial charge in [0.1, 0.15) is 0 Å². The van der Waals surface area contributed by atoms with Gasteiger partial charge in [-0.25, -0.2) is 0 Å². The summed E-state index contributed by atoms with van der Waals surface area (Å²) in [5.74, 6) is -1.40. The van der Waals surface area contributed by atoms with Gasteiger partial charge in [-0.2, -0.15) is 0 Å². The van der Waals surface area contributed by atoms with Crippen LogP contribution in [0, 0.1) is 12.8 Å². The van der Waals surface area contributed by atoms with Gasteiger partial charge in [-0.15, -0.1) is 0 Å². The molecule has 0 aliphatic carbocycles. The zero-order valence-corrected chi connectivity index (χ0v) is 12.7. The van der Waals surface area contributed by atoms with Crippen molar-refractivity contribution < 1.29 is 14.7 Å². The monoisotopic (exact) mass is 290 g/mol. The van der Waals surface area contributed by atoms with Gasteiger partial charge < -0.3 is 10.0 Å². The Morgan fingerprint density at radius 3 is 2.67 bits per heavy atom. The second-order valence-corrected chi connectivity index (χ2v) is 5.91. The van der Waals surface area contributed by atoms with Crippen LogP contribution in [0.2, 0.25) is 0 Å². The van der Waals surface area contributed by atoms with Gasteiger partial charge in [-0.3, -0.25) is 14.6 Å². The zero-order chi connectivity index (χ0) is 15.6. The van der Waals surface area contributed by atoms with E-state index in [1.165, 1.54) is 0 Å². The number of carboxylic acids is 1. The second kappa shape index (κ2) is 6.24. The van der Waals surface area contributed by atoms with Crippen LogP contribution in [0.1, 0.15) is 50.4 Å². The van der Waals surface area contributed by atoms with Crippen molar-refractivity contribution in [1.82, 2.24) is 9.88 Å². The average Bonchev–Trinajstić information content (AvgIpc) is 2.58. The van der Waals surface area contributed by atoms with Crippen LogP contribution in [-0.2, 0) is 9.59 Å². The molecule has 1 N–H and O–H groups in total. The Hall–Kier alpha value is -1.91. The fraction of sp³-hybridized carbons (Fsp3) is 0.562. The minimum atomic E-state index is -0.846. The molecule has 1 aromatic heterocycles. The summed E-state index contributed by atoms with van der Waals surface area (Å²) in [6.07, 6.45) is 3.25. The number of carbonyl (C=O) groups is 2. The molecule has 0 bridgehead atoms. The molecule has 0 aromatic carbocycles. The summed E-state index contributed by atoms with van der Waals surface area (Å²) in [5, 5.41) is 9.58. The molecule has 1 amide bonds. The van der Waals surface area contributed by atoms with E-state index >= 15 is 0 Å². The maximum absolute atomic E-state index is 12.4. The van der Waals surface area contributed by atoms with Crippen molar-refractivity contribution in [3.05, 3.63) is 29.6 Å². The largest absolute Gasteiger partial charge is 0.481 e. The van der Waals surface area contributed by atoms with Crippen LogP contribution in [0.3, 0.4) is 0 Å². The Balaban J connectivity index is 2.50. The van der Waals surface area contributed by atoms with Crippen molar-refractivity contribution in [2.24, 2.45) is 5.92 Å². The van der Waals surface area contributed by atoms with Gasteiger partial charge in [0.2, 0.25) is 5.91 Å². The number of aryl methyl sites for hydroxylation is 1. The highest BCUT2D eigenvalue weighted by Crippen LogP contribution is 2.37. The van der Waals surface area contributed by atoms with Gasteiger partial charge in [0.05, 0.1) is 12.0 Å². The molecular formula is C16H22N2O3. The van der Waals surface area contributed by atoms with Gasteiger partial charge in [0.25, 0.3) is 0 Å². The number of aliphatic carboxylic acids is 1. The zero-order valence-electron chi connectivity index (χ0n) is 12.7. The molecule has 1 aliphatic rings. The average molecular weight is 290 g/mol. The quantitative estimate of drug-likeness (QED) is 0.928. The maximum Gasteiger partial charge on any atom is 0.308 e. The molecule has 114 valence electrons. The first-order valence-corrected chi connectivity index (χ1v) is 7.38. The third kappa shape index (κ3) is 3.23. The highest BCUT2D eigenvalue weighted by molar-refractivity contribution is 5.80. The SMILES string of the molecule is Cc1ccc(C2C(C(=O)O)CCCC(=O)N2C(C)C)cn1. The molecule has 0 saturated carbocycles. The lowest BCUT2D eigenvalue weighted by atomic mass is 9.89. The molecule has 2 rings (SSSR count). The first kappa shape index (κ1) is 15.5. The van der Waals surface area contributed by atoms with Gasteiger partial charge in [-0.05, 0) is 45.2 Å². The Labute approximate surface area is 125 Å². The standard InChI is InChI=1S/C16H22N2O3/c1-10(2)18-14(19)6-4-5-13(16(20)21)15(18)12-8-7-11(3)17-9-12/h7-10,13,15H,4-6H2,1-3H3,(H,20,21). The van der Waals surface area contributed by atoms with Crippen LogP contribution in [0.5, 0.6) is 0 Å². The van der Waals surface area contributed by atoms with Gasteiger partial charge in [0, 0.05) is 24.4 Å². The van der Waals surface area contributed by atoms with E-state index in [9.17, 15) is 14.7 Å². The minimum Gasteiger partial charge on any atom is -0.481 e. The molecular weight excluding hydrogens is 268 g/mol. The predicted molar refractivity (Wildman–Crippen MR) is 78.7 cm³/mol. The van der Waals surface area contributed by atoms with Gasteiger partial charge in [0.15, 0.2) is 0 Å². The Morgan fingerprint density at radius 1 is 1.43 bits per heavy atom. The summed E-state index contributed by atoms with van der Waals surface area (Å²) in [7, 11) is 0. The number of hydrogen-bond acceptors (Lipinski definition) is 3. The molecule has 2 atom stereocenters. The van der Waals surface area contributed by atoms with E-state index in [0.717, 1.165) is 11.3 Å². The smallest absolute Gasteiger partial charge is 0.308 e. The highest BCUT2D eigenvalue weighted by Gasteiger charge is 2.39. The van der Waals surface area contributed by atoms with Crippen molar-refractivity contribution in [2.45, 2.75) is 52.1 Å². The molecule has 2 heterocycles. The highest BCUT2D eigenvalue weighted by atomic mass is 16.4. The van der Waals surface area contributed by atoms with Crippen molar-refractivity contribution in [1.29, 1.82) is 0 Å². The van der Waals surface area contributed by atoms with E-state index in [0.29, 0.717) is 19.3 Å². The number of likely N-dealkylation sites (tertiary alicyclic amines) is 1. The second-order valence-electron chi connectivity index (χ2n) is 5.91. The number of carbonyl (C=O) groups excluding carboxylic acids is 1. The number of amides is 1. The van der Waals surface area contributed by atoms with E-state index in [1.54, 1.807) is 11.1 Å². The summed E-state index contributed by atoms with van der Waals surface area (Å²) in [4.78, 5) is 30.0. The molecule has 1 fully saturated rings. The number of carboxylic acid groups (broad SMARTS) is 1. The first-order valence-electron chi connectivity index (χ1n) is 7.38. The number of rotatable bonds is 3. The van der Waals surface area contributed by atoms with Crippen LogP contribution in [0.4, 0.5) is 0 Å². The lowest BCUT2D eigenvalue weighted by molar-refractivity contribution is -0.147. The van der Waals surface area contributed by atoms with Gasteiger partial charge >= 0.3 is 5.97 Å². The number of nitrogens with zero attached hydrogens (tertiary/aromatic N) is 2. The molecule has 21 heavy (non-hydrogen) atoms. The topological polar surface area (TPSA) is 70.5 Å². The molecule has 0 spiro atoms. The summed E-state index contributed by atoms with van der Waals surface area (Å²) >= 11 is 0. The van der Waals surface area contributed by atoms with Crippen LogP contribution in [0.15, 0.2) is 18.3 Å². The number of pyridine rings is 1.